The van der Waals surface area contributed by atoms with Crippen LogP contribution in [0.5, 0.6) is 5.75 Å². The lowest BCUT2D eigenvalue weighted by Gasteiger charge is -2.21. The zero-order valence-corrected chi connectivity index (χ0v) is 17.3. The van der Waals surface area contributed by atoms with Gasteiger partial charge in [0.1, 0.15) is 5.75 Å². The van der Waals surface area contributed by atoms with E-state index in [1.165, 1.54) is 25.7 Å². The van der Waals surface area contributed by atoms with Crippen molar-refractivity contribution in [3.05, 3.63) is 24.3 Å². The molecule has 0 unspecified atom stereocenters. The predicted octanol–water partition coefficient (Wildman–Crippen LogP) is 2.39. The Morgan fingerprint density at radius 3 is 2.10 bits per heavy atom. The largest absolute Gasteiger partial charge is 0.495 e. The van der Waals surface area contributed by atoms with Crippen molar-refractivity contribution in [2.75, 3.05) is 53.8 Å². The average molecular weight is 415 g/mol. The second-order valence-electron chi connectivity index (χ2n) is 7.05. The van der Waals surface area contributed by atoms with Gasteiger partial charge in [-0.3, -0.25) is 10.9 Å². The number of para-hydroxylation sites is 2. The highest BCUT2D eigenvalue weighted by atomic mass is 32.1. The Hall–Kier alpha value is -2.88. The minimum absolute atomic E-state index is 0.389. The van der Waals surface area contributed by atoms with E-state index in [0.29, 0.717) is 28.7 Å². The van der Waals surface area contributed by atoms with Crippen molar-refractivity contribution in [2.24, 2.45) is 0 Å². The maximum Gasteiger partial charge on any atom is 0.248 e. The number of benzene rings is 1. The van der Waals surface area contributed by atoms with Gasteiger partial charge in [0.05, 0.1) is 12.8 Å². The summed E-state index contributed by atoms with van der Waals surface area (Å²) in [5.41, 5.74) is 6.76. The molecule has 9 nitrogen and oxygen atoms in total. The van der Waals surface area contributed by atoms with Crippen LogP contribution in [-0.4, -0.2) is 53.4 Å². The molecule has 3 N–H and O–H groups in total. The van der Waals surface area contributed by atoms with Gasteiger partial charge in [-0.05, 0) is 50.0 Å². The third kappa shape index (κ3) is 4.76. The Labute approximate surface area is 175 Å². The van der Waals surface area contributed by atoms with Gasteiger partial charge >= 0.3 is 0 Å². The molecule has 2 aliphatic heterocycles. The third-order valence-electron chi connectivity index (χ3n) is 5.03. The monoisotopic (exact) mass is 414 g/mol. The molecule has 2 aromatic rings. The normalized spacial score (nSPS) is 16.0. The van der Waals surface area contributed by atoms with Crippen LogP contribution in [0.25, 0.3) is 0 Å². The summed E-state index contributed by atoms with van der Waals surface area (Å²) < 4.78 is 5.34. The molecule has 29 heavy (non-hydrogen) atoms. The van der Waals surface area contributed by atoms with Crippen LogP contribution in [-0.2, 0) is 0 Å². The molecule has 2 fully saturated rings. The molecule has 0 radical (unpaired) electrons. The fourth-order valence-electron chi connectivity index (χ4n) is 3.54. The smallest absolute Gasteiger partial charge is 0.248 e. The number of hydrogen-bond acceptors (Lipinski definition) is 8. The van der Waals surface area contributed by atoms with Crippen LogP contribution >= 0.6 is 12.2 Å². The first-order valence-corrected chi connectivity index (χ1v) is 10.4. The van der Waals surface area contributed by atoms with Crippen molar-refractivity contribution in [1.82, 2.24) is 20.4 Å². The topological polar surface area (TPSA) is 90.5 Å². The summed E-state index contributed by atoms with van der Waals surface area (Å²) in [6, 6.07) is 7.59. The number of rotatable bonds is 6. The molecule has 0 amide bonds. The summed E-state index contributed by atoms with van der Waals surface area (Å²) >= 11 is 5.39. The Kier molecular flexibility index (Phi) is 6.09. The second kappa shape index (κ2) is 9.08. The van der Waals surface area contributed by atoms with Gasteiger partial charge in [0.2, 0.25) is 17.8 Å². The molecule has 2 saturated heterocycles. The molecule has 0 aliphatic carbocycles. The van der Waals surface area contributed by atoms with Gasteiger partial charge in [0, 0.05) is 26.2 Å². The predicted molar refractivity (Wildman–Crippen MR) is 119 cm³/mol. The van der Waals surface area contributed by atoms with Crippen LogP contribution in [0.2, 0.25) is 0 Å². The maximum absolute atomic E-state index is 5.39. The first-order chi connectivity index (χ1) is 14.2. The lowest BCUT2D eigenvalue weighted by atomic mass is 10.3. The van der Waals surface area contributed by atoms with Crippen molar-refractivity contribution >= 4 is 40.9 Å². The van der Waals surface area contributed by atoms with E-state index in [2.05, 4.69) is 35.9 Å². The molecule has 3 heterocycles. The maximum atomic E-state index is 5.39. The molecular formula is C19H26N8OS. The van der Waals surface area contributed by atoms with Crippen molar-refractivity contribution < 1.29 is 4.74 Å². The molecule has 2 aliphatic rings. The number of nitrogens with zero attached hydrogens (tertiary/aromatic N) is 5. The molecule has 10 heteroatoms. The highest BCUT2D eigenvalue weighted by Crippen LogP contribution is 2.24. The number of ether oxygens (including phenoxy) is 1. The Morgan fingerprint density at radius 2 is 1.52 bits per heavy atom. The Balaban J connectivity index is 1.46. The molecule has 0 spiro atoms. The van der Waals surface area contributed by atoms with E-state index >= 15 is 0 Å². The molecule has 0 atom stereocenters. The molecule has 1 aromatic heterocycles. The zero-order chi connectivity index (χ0) is 20.1. The minimum Gasteiger partial charge on any atom is -0.495 e. The van der Waals surface area contributed by atoms with E-state index in [-0.39, 0.29) is 0 Å². The summed E-state index contributed by atoms with van der Waals surface area (Å²) in [5, 5.41) is 3.50. The number of methoxy groups -OCH3 is 1. The second-order valence-corrected chi connectivity index (χ2v) is 7.46. The van der Waals surface area contributed by atoms with Crippen molar-refractivity contribution in [3.63, 3.8) is 0 Å². The first-order valence-electron chi connectivity index (χ1n) is 9.95. The van der Waals surface area contributed by atoms with Crippen LogP contribution in [0.1, 0.15) is 25.7 Å². The summed E-state index contributed by atoms with van der Waals surface area (Å²) in [7, 11) is 1.62. The summed E-state index contributed by atoms with van der Waals surface area (Å²) in [4.78, 5) is 18.3. The van der Waals surface area contributed by atoms with E-state index < -0.39 is 0 Å². The van der Waals surface area contributed by atoms with Crippen LogP contribution in [0, 0.1) is 0 Å². The van der Waals surface area contributed by atoms with Gasteiger partial charge in [0.15, 0.2) is 5.11 Å². The van der Waals surface area contributed by atoms with Crippen molar-refractivity contribution in [2.45, 2.75) is 25.7 Å². The number of hydrogen-bond donors (Lipinski definition) is 3. The van der Waals surface area contributed by atoms with Gasteiger partial charge in [-0.25, -0.2) is 0 Å². The number of nitrogens with one attached hydrogen (secondary N) is 3. The summed E-state index contributed by atoms with van der Waals surface area (Å²) in [5.74, 6) is 2.59. The summed E-state index contributed by atoms with van der Waals surface area (Å²) in [6.07, 6.45) is 4.66. The fourth-order valence-corrected chi connectivity index (χ4v) is 3.70. The van der Waals surface area contributed by atoms with E-state index in [0.717, 1.165) is 31.9 Å². The summed E-state index contributed by atoms with van der Waals surface area (Å²) in [6.45, 7) is 3.91. The van der Waals surface area contributed by atoms with Crippen LogP contribution in [0.15, 0.2) is 24.3 Å². The highest BCUT2D eigenvalue weighted by Gasteiger charge is 2.21. The lowest BCUT2D eigenvalue weighted by Crippen LogP contribution is -2.35. The van der Waals surface area contributed by atoms with Crippen LogP contribution < -0.4 is 30.7 Å². The molecule has 4 rings (SSSR count). The standard InChI is InChI=1S/C19H26N8OS/c1-28-15-9-3-2-8-14(15)20-19(29)25-24-16-21-17(26-10-4-5-11-26)23-18(22-16)27-12-6-7-13-27/h2-3,8-9H,4-7,10-13H2,1H3,(H2,20,25,29)(H,21,22,23,24). The number of anilines is 4. The van der Waals surface area contributed by atoms with E-state index in [1.807, 2.05) is 24.3 Å². The highest BCUT2D eigenvalue weighted by molar-refractivity contribution is 7.80. The molecular weight excluding hydrogens is 388 g/mol. The van der Waals surface area contributed by atoms with Gasteiger partial charge in [0.25, 0.3) is 0 Å². The number of thiocarbonyl (C=S) groups is 1. The van der Waals surface area contributed by atoms with Crippen molar-refractivity contribution in [1.29, 1.82) is 0 Å². The molecule has 1 aromatic carbocycles. The molecule has 0 bridgehead atoms. The number of hydrazine groups is 1. The van der Waals surface area contributed by atoms with Gasteiger partial charge < -0.3 is 19.9 Å². The Morgan fingerprint density at radius 1 is 0.931 bits per heavy atom. The third-order valence-corrected chi connectivity index (χ3v) is 5.24. The fraction of sp³-hybridized carbons (Fsp3) is 0.474. The van der Waals surface area contributed by atoms with Gasteiger partial charge in [-0.1, -0.05) is 12.1 Å². The average Bonchev–Trinajstić information content (AvgIpc) is 3.47. The molecule has 0 saturated carbocycles. The van der Waals surface area contributed by atoms with Crippen LogP contribution in [0.4, 0.5) is 23.5 Å². The molecule has 154 valence electrons. The van der Waals surface area contributed by atoms with Gasteiger partial charge in [-0.15, -0.1) is 0 Å². The van der Waals surface area contributed by atoms with Crippen LogP contribution in [0.3, 0.4) is 0 Å². The van der Waals surface area contributed by atoms with E-state index in [9.17, 15) is 0 Å². The Bertz CT molecular complexity index is 818. The van der Waals surface area contributed by atoms with E-state index in [1.54, 1.807) is 7.11 Å². The zero-order valence-electron chi connectivity index (χ0n) is 16.5. The minimum atomic E-state index is 0.389. The lowest BCUT2D eigenvalue weighted by molar-refractivity contribution is 0.417. The van der Waals surface area contributed by atoms with Gasteiger partial charge in [-0.2, -0.15) is 15.0 Å². The quantitative estimate of drug-likeness (QED) is 0.483. The first kappa shape index (κ1) is 19.4. The SMILES string of the molecule is COc1ccccc1NC(=S)NNc1nc(N2CCCC2)nc(N2CCCC2)n1. The number of aromatic nitrogens is 3. The van der Waals surface area contributed by atoms with E-state index in [4.69, 9.17) is 21.9 Å². The van der Waals surface area contributed by atoms with Crippen molar-refractivity contribution in [3.8, 4) is 5.75 Å².